The van der Waals surface area contributed by atoms with E-state index >= 15 is 0 Å². The second-order valence-electron chi connectivity index (χ2n) is 4.97. The molecule has 0 spiro atoms. The first-order chi connectivity index (χ1) is 9.16. The van der Waals surface area contributed by atoms with Crippen LogP contribution in [0.4, 0.5) is 5.69 Å². The summed E-state index contributed by atoms with van der Waals surface area (Å²) in [4.78, 5) is 13.6. The second kappa shape index (κ2) is 6.66. The van der Waals surface area contributed by atoms with E-state index in [4.69, 9.17) is 12.2 Å². The zero-order valence-electron chi connectivity index (χ0n) is 11.3. The third-order valence-corrected chi connectivity index (χ3v) is 3.77. The Labute approximate surface area is 120 Å². The zero-order valence-corrected chi connectivity index (χ0v) is 12.1. The van der Waals surface area contributed by atoms with Gasteiger partial charge in [0.1, 0.15) is 0 Å². The van der Waals surface area contributed by atoms with E-state index in [-0.39, 0.29) is 5.78 Å². The summed E-state index contributed by atoms with van der Waals surface area (Å²) in [6.45, 7) is 3.63. The van der Waals surface area contributed by atoms with Crippen molar-refractivity contribution in [3.05, 3.63) is 29.8 Å². The maximum absolute atomic E-state index is 11.4. The first kappa shape index (κ1) is 14.0. The summed E-state index contributed by atoms with van der Waals surface area (Å²) < 4.78 is 0. The molecule has 2 rings (SSSR count). The Bertz CT molecular complexity index is 465. The molecule has 0 atom stereocenters. The van der Waals surface area contributed by atoms with E-state index < -0.39 is 0 Å². The smallest absolute Gasteiger partial charge is 0.173 e. The molecule has 4 heteroatoms. The standard InChI is InChI=1S/C15H20N2OS/c1-12(18)13-7-6-8-14(11-13)16-15(19)17-9-4-2-3-5-10-17/h6-8,11H,2-5,9-10H2,1H3,(H,16,19). The van der Waals surface area contributed by atoms with E-state index in [2.05, 4.69) is 10.2 Å². The van der Waals surface area contributed by atoms with Crippen molar-refractivity contribution in [2.75, 3.05) is 18.4 Å². The molecular formula is C15H20N2OS. The fraction of sp³-hybridized carbons (Fsp3) is 0.467. The van der Waals surface area contributed by atoms with E-state index in [9.17, 15) is 4.79 Å². The van der Waals surface area contributed by atoms with E-state index in [1.54, 1.807) is 6.92 Å². The number of nitrogens with one attached hydrogen (secondary N) is 1. The summed E-state index contributed by atoms with van der Waals surface area (Å²) in [5.41, 5.74) is 1.60. The first-order valence-electron chi connectivity index (χ1n) is 6.84. The van der Waals surface area contributed by atoms with Crippen LogP contribution in [0.3, 0.4) is 0 Å². The van der Waals surface area contributed by atoms with Crippen molar-refractivity contribution in [1.29, 1.82) is 0 Å². The number of anilines is 1. The van der Waals surface area contributed by atoms with Crippen molar-refractivity contribution in [1.82, 2.24) is 4.90 Å². The van der Waals surface area contributed by atoms with E-state index in [0.29, 0.717) is 5.56 Å². The topological polar surface area (TPSA) is 32.3 Å². The van der Waals surface area contributed by atoms with E-state index in [0.717, 1.165) is 23.9 Å². The molecule has 1 aliphatic rings. The van der Waals surface area contributed by atoms with Gasteiger partial charge in [0.2, 0.25) is 0 Å². The Hall–Kier alpha value is -1.42. The molecule has 1 N–H and O–H groups in total. The van der Waals surface area contributed by atoms with Crippen LogP contribution >= 0.6 is 12.2 Å². The Balaban J connectivity index is 2.01. The summed E-state index contributed by atoms with van der Waals surface area (Å²) >= 11 is 5.45. The number of nitrogens with zero attached hydrogens (tertiary/aromatic N) is 1. The van der Waals surface area contributed by atoms with Gasteiger partial charge in [-0.15, -0.1) is 0 Å². The minimum absolute atomic E-state index is 0.0735. The Kier molecular flexibility index (Phi) is 4.91. The molecule has 1 aliphatic heterocycles. The Morgan fingerprint density at radius 3 is 2.53 bits per heavy atom. The summed E-state index contributed by atoms with van der Waals surface area (Å²) in [6, 6.07) is 7.50. The lowest BCUT2D eigenvalue weighted by Crippen LogP contribution is -2.35. The number of Topliss-reactive ketones (excluding diaryl/α,β-unsaturated/α-hetero) is 1. The minimum atomic E-state index is 0.0735. The highest BCUT2D eigenvalue weighted by atomic mass is 32.1. The van der Waals surface area contributed by atoms with Crippen molar-refractivity contribution >= 4 is 28.8 Å². The van der Waals surface area contributed by atoms with Gasteiger partial charge in [-0.2, -0.15) is 0 Å². The van der Waals surface area contributed by atoms with Crippen LogP contribution in [-0.2, 0) is 0 Å². The van der Waals surface area contributed by atoms with Gasteiger partial charge in [-0.1, -0.05) is 25.0 Å². The lowest BCUT2D eigenvalue weighted by Gasteiger charge is -2.24. The number of likely N-dealkylation sites (tertiary alicyclic amines) is 1. The molecular weight excluding hydrogens is 256 g/mol. The van der Waals surface area contributed by atoms with Crippen molar-refractivity contribution in [3.8, 4) is 0 Å². The summed E-state index contributed by atoms with van der Waals surface area (Å²) in [5, 5.41) is 4.01. The number of benzene rings is 1. The molecule has 0 aliphatic carbocycles. The number of carbonyl (C=O) groups is 1. The number of thiocarbonyl (C=S) groups is 1. The molecule has 0 saturated carbocycles. The van der Waals surface area contributed by atoms with Gasteiger partial charge in [0, 0.05) is 24.3 Å². The average molecular weight is 276 g/mol. The molecule has 1 saturated heterocycles. The average Bonchev–Trinajstić information content (AvgIpc) is 2.68. The predicted octanol–water partition coefficient (Wildman–Crippen LogP) is 3.46. The van der Waals surface area contributed by atoms with Crippen molar-refractivity contribution in [2.45, 2.75) is 32.6 Å². The third kappa shape index (κ3) is 4.03. The van der Waals surface area contributed by atoms with Crippen LogP contribution in [0.2, 0.25) is 0 Å². The molecule has 0 amide bonds. The largest absolute Gasteiger partial charge is 0.349 e. The highest BCUT2D eigenvalue weighted by molar-refractivity contribution is 7.80. The summed E-state index contributed by atoms with van der Waals surface area (Å²) in [5.74, 6) is 0.0735. The molecule has 1 aromatic rings. The maximum atomic E-state index is 11.4. The molecule has 1 heterocycles. The predicted molar refractivity (Wildman–Crippen MR) is 82.7 cm³/mol. The normalized spacial score (nSPS) is 15.7. The van der Waals surface area contributed by atoms with Crippen molar-refractivity contribution in [2.24, 2.45) is 0 Å². The zero-order chi connectivity index (χ0) is 13.7. The molecule has 0 radical (unpaired) electrons. The fourth-order valence-electron chi connectivity index (χ4n) is 2.29. The molecule has 19 heavy (non-hydrogen) atoms. The molecule has 1 aromatic carbocycles. The van der Waals surface area contributed by atoms with Gasteiger partial charge in [0.15, 0.2) is 10.9 Å². The lowest BCUT2D eigenvalue weighted by molar-refractivity contribution is 0.101. The molecule has 102 valence electrons. The van der Waals surface area contributed by atoms with E-state index in [1.165, 1.54) is 25.7 Å². The van der Waals surface area contributed by atoms with Crippen LogP contribution < -0.4 is 5.32 Å². The Morgan fingerprint density at radius 2 is 1.89 bits per heavy atom. The van der Waals surface area contributed by atoms with Crippen LogP contribution in [0.5, 0.6) is 0 Å². The van der Waals surface area contributed by atoms with Crippen LogP contribution in [0, 0.1) is 0 Å². The van der Waals surface area contributed by atoms with Gasteiger partial charge in [-0.25, -0.2) is 0 Å². The van der Waals surface area contributed by atoms with Crippen molar-refractivity contribution < 1.29 is 4.79 Å². The number of ketones is 1. The molecule has 0 unspecified atom stereocenters. The van der Waals surface area contributed by atoms with Gasteiger partial charge in [-0.05, 0) is 44.1 Å². The number of hydrogen-bond donors (Lipinski definition) is 1. The van der Waals surface area contributed by atoms with Gasteiger partial charge < -0.3 is 10.2 Å². The quantitative estimate of drug-likeness (QED) is 0.662. The summed E-state index contributed by atoms with van der Waals surface area (Å²) in [6.07, 6.45) is 4.99. The van der Waals surface area contributed by atoms with E-state index in [1.807, 2.05) is 24.3 Å². The Morgan fingerprint density at radius 1 is 1.21 bits per heavy atom. The first-order valence-corrected chi connectivity index (χ1v) is 7.24. The van der Waals surface area contributed by atoms with Gasteiger partial charge in [0.25, 0.3) is 0 Å². The second-order valence-corrected chi connectivity index (χ2v) is 5.36. The van der Waals surface area contributed by atoms with Gasteiger partial charge >= 0.3 is 0 Å². The lowest BCUT2D eigenvalue weighted by atomic mass is 10.1. The van der Waals surface area contributed by atoms with Crippen molar-refractivity contribution in [3.63, 3.8) is 0 Å². The number of rotatable bonds is 2. The SMILES string of the molecule is CC(=O)c1cccc(NC(=S)N2CCCCCC2)c1. The number of carbonyl (C=O) groups excluding carboxylic acids is 1. The molecule has 0 bridgehead atoms. The van der Waals surface area contributed by atoms with Gasteiger partial charge in [0.05, 0.1) is 0 Å². The van der Waals surface area contributed by atoms with Crippen LogP contribution in [0.1, 0.15) is 43.0 Å². The highest BCUT2D eigenvalue weighted by Gasteiger charge is 2.12. The maximum Gasteiger partial charge on any atom is 0.173 e. The molecule has 0 aromatic heterocycles. The third-order valence-electron chi connectivity index (χ3n) is 3.41. The van der Waals surface area contributed by atoms with Crippen LogP contribution in [-0.4, -0.2) is 28.9 Å². The highest BCUT2D eigenvalue weighted by Crippen LogP contribution is 2.14. The van der Waals surface area contributed by atoms with Crippen LogP contribution in [0.25, 0.3) is 0 Å². The van der Waals surface area contributed by atoms with Gasteiger partial charge in [-0.3, -0.25) is 4.79 Å². The molecule has 1 fully saturated rings. The fourth-order valence-corrected chi connectivity index (χ4v) is 2.59. The molecule has 3 nitrogen and oxygen atoms in total. The number of hydrogen-bond acceptors (Lipinski definition) is 2. The minimum Gasteiger partial charge on any atom is -0.349 e. The van der Waals surface area contributed by atoms with Crippen LogP contribution in [0.15, 0.2) is 24.3 Å². The summed E-state index contributed by atoms with van der Waals surface area (Å²) in [7, 11) is 0. The monoisotopic (exact) mass is 276 g/mol.